The third-order valence-corrected chi connectivity index (χ3v) is 4.76. The summed E-state index contributed by atoms with van der Waals surface area (Å²) in [6.07, 6.45) is 2.96. The third kappa shape index (κ3) is 4.12. The molecule has 0 saturated carbocycles. The molecule has 6 heteroatoms. The summed E-state index contributed by atoms with van der Waals surface area (Å²) >= 11 is 0. The fourth-order valence-electron chi connectivity index (χ4n) is 3.38. The standard InChI is InChI=1S/C18H25FN2O3/c1-20(12-14-6-2-3-7-15(14)19)17(22)13-21-9-5-4-8-16(21)18-23-10-11-24-18/h2-3,6-7,16,18H,4-5,8-13H2,1H3. The van der Waals surface area contributed by atoms with Gasteiger partial charge in [0, 0.05) is 19.2 Å². The van der Waals surface area contributed by atoms with Gasteiger partial charge in [0.1, 0.15) is 5.82 Å². The Morgan fingerprint density at radius 3 is 2.79 bits per heavy atom. The molecule has 1 aromatic carbocycles. The first-order chi connectivity index (χ1) is 11.6. The predicted octanol–water partition coefficient (Wildman–Crippen LogP) is 2.01. The Balaban J connectivity index is 1.58. The van der Waals surface area contributed by atoms with E-state index >= 15 is 0 Å². The number of rotatable bonds is 5. The molecule has 0 bridgehead atoms. The highest BCUT2D eigenvalue weighted by Crippen LogP contribution is 2.24. The number of carbonyl (C=O) groups excluding carboxylic acids is 1. The number of carbonyl (C=O) groups is 1. The van der Waals surface area contributed by atoms with Gasteiger partial charge in [-0.3, -0.25) is 9.69 Å². The van der Waals surface area contributed by atoms with E-state index in [1.54, 1.807) is 30.1 Å². The molecule has 0 radical (unpaired) electrons. The normalized spacial score (nSPS) is 22.7. The second-order valence-corrected chi connectivity index (χ2v) is 6.48. The lowest BCUT2D eigenvalue weighted by atomic mass is 10.0. The third-order valence-electron chi connectivity index (χ3n) is 4.76. The maximum atomic E-state index is 13.8. The number of amides is 1. The molecule has 0 N–H and O–H groups in total. The lowest BCUT2D eigenvalue weighted by Crippen LogP contribution is -2.51. The maximum absolute atomic E-state index is 13.8. The van der Waals surface area contributed by atoms with Crippen molar-refractivity contribution in [3.63, 3.8) is 0 Å². The molecular weight excluding hydrogens is 311 g/mol. The monoisotopic (exact) mass is 336 g/mol. The molecular formula is C18H25FN2O3. The number of piperidine rings is 1. The van der Waals surface area contributed by atoms with Crippen LogP contribution in [0.1, 0.15) is 24.8 Å². The first-order valence-electron chi connectivity index (χ1n) is 8.60. The smallest absolute Gasteiger partial charge is 0.236 e. The lowest BCUT2D eigenvalue weighted by molar-refractivity contribution is -0.139. The summed E-state index contributed by atoms with van der Waals surface area (Å²) < 4.78 is 25.0. The summed E-state index contributed by atoms with van der Waals surface area (Å²) in [5.74, 6) is -0.288. The highest BCUT2D eigenvalue weighted by atomic mass is 19.1. The van der Waals surface area contributed by atoms with Crippen molar-refractivity contribution in [2.75, 3.05) is 33.4 Å². The molecule has 0 spiro atoms. The van der Waals surface area contributed by atoms with Gasteiger partial charge in [0.25, 0.3) is 0 Å². The Morgan fingerprint density at radius 1 is 1.29 bits per heavy atom. The Bertz CT molecular complexity index is 563. The quantitative estimate of drug-likeness (QED) is 0.825. The van der Waals surface area contributed by atoms with Crippen molar-refractivity contribution in [1.29, 1.82) is 0 Å². The van der Waals surface area contributed by atoms with Crippen LogP contribution in [0.5, 0.6) is 0 Å². The van der Waals surface area contributed by atoms with Gasteiger partial charge in [-0.05, 0) is 25.5 Å². The summed E-state index contributed by atoms with van der Waals surface area (Å²) in [7, 11) is 1.72. The fraction of sp³-hybridized carbons (Fsp3) is 0.611. The number of halogens is 1. The number of benzene rings is 1. The molecule has 2 saturated heterocycles. The van der Waals surface area contributed by atoms with Gasteiger partial charge in [-0.1, -0.05) is 24.6 Å². The number of nitrogens with zero attached hydrogens (tertiary/aromatic N) is 2. The van der Waals surface area contributed by atoms with E-state index in [2.05, 4.69) is 4.90 Å². The van der Waals surface area contributed by atoms with Gasteiger partial charge in [-0.2, -0.15) is 0 Å². The van der Waals surface area contributed by atoms with Crippen LogP contribution in [0.25, 0.3) is 0 Å². The van der Waals surface area contributed by atoms with Gasteiger partial charge in [0.2, 0.25) is 5.91 Å². The molecule has 1 aromatic rings. The zero-order valence-electron chi connectivity index (χ0n) is 14.1. The van der Waals surface area contributed by atoms with E-state index in [1.165, 1.54) is 6.07 Å². The molecule has 1 atom stereocenters. The Morgan fingerprint density at radius 2 is 2.04 bits per heavy atom. The van der Waals surface area contributed by atoms with Crippen molar-refractivity contribution < 1.29 is 18.7 Å². The molecule has 2 aliphatic rings. The summed E-state index contributed by atoms with van der Waals surface area (Å²) in [5.41, 5.74) is 0.533. The Kier molecular flexibility index (Phi) is 5.81. The van der Waals surface area contributed by atoms with Crippen molar-refractivity contribution in [3.05, 3.63) is 35.6 Å². The summed E-state index contributed by atoms with van der Waals surface area (Å²) in [6.45, 7) is 2.71. The molecule has 2 heterocycles. The maximum Gasteiger partial charge on any atom is 0.236 e. The molecule has 5 nitrogen and oxygen atoms in total. The van der Waals surface area contributed by atoms with Gasteiger partial charge in [0.15, 0.2) is 6.29 Å². The molecule has 1 amide bonds. The minimum atomic E-state index is -0.277. The van der Waals surface area contributed by atoms with Crippen molar-refractivity contribution in [3.8, 4) is 0 Å². The van der Waals surface area contributed by atoms with Gasteiger partial charge in [-0.15, -0.1) is 0 Å². The number of likely N-dealkylation sites (tertiary alicyclic amines) is 1. The van der Waals surface area contributed by atoms with E-state index in [0.717, 1.165) is 25.8 Å². The summed E-state index contributed by atoms with van der Waals surface area (Å²) in [6, 6.07) is 6.70. The second-order valence-electron chi connectivity index (χ2n) is 6.48. The number of ether oxygens (including phenoxy) is 2. The molecule has 0 aromatic heterocycles. The van der Waals surface area contributed by atoms with E-state index in [1.807, 2.05) is 0 Å². The predicted molar refractivity (Wildman–Crippen MR) is 87.8 cm³/mol. The van der Waals surface area contributed by atoms with E-state index in [-0.39, 0.29) is 30.6 Å². The lowest BCUT2D eigenvalue weighted by Gasteiger charge is -2.38. The zero-order chi connectivity index (χ0) is 16.9. The zero-order valence-corrected chi connectivity index (χ0v) is 14.1. The van der Waals surface area contributed by atoms with Crippen LogP contribution in [0.2, 0.25) is 0 Å². The number of hydrogen-bond acceptors (Lipinski definition) is 4. The van der Waals surface area contributed by atoms with E-state index < -0.39 is 0 Å². The molecule has 2 aliphatic heterocycles. The van der Waals surface area contributed by atoms with Crippen molar-refractivity contribution >= 4 is 5.91 Å². The summed E-state index contributed by atoms with van der Waals surface area (Å²) in [5, 5.41) is 0. The highest BCUT2D eigenvalue weighted by Gasteiger charge is 2.34. The van der Waals surface area contributed by atoms with Crippen LogP contribution in [0.4, 0.5) is 4.39 Å². The first-order valence-corrected chi connectivity index (χ1v) is 8.60. The van der Waals surface area contributed by atoms with E-state index in [9.17, 15) is 9.18 Å². The second kappa shape index (κ2) is 8.05. The van der Waals surface area contributed by atoms with Crippen LogP contribution in [0.15, 0.2) is 24.3 Å². The van der Waals surface area contributed by atoms with Crippen molar-refractivity contribution in [2.45, 2.75) is 38.1 Å². The summed E-state index contributed by atoms with van der Waals surface area (Å²) in [4.78, 5) is 16.3. The highest BCUT2D eigenvalue weighted by molar-refractivity contribution is 5.78. The molecule has 1 unspecified atom stereocenters. The van der Waals surface area contributed by atoms with E-state index in [0.29, 0.717) is 25.3 Å². The van der Waals surface area contributed by atoms with Crippen LogP contribution in [-0.4, -0.2) is 61.4 Å². The van der Waals surface area contributed by atoms with Gasteiger partial charge >= 0.3 is 0 Å². The minimum absolute atomic E-state index is 0.0110. The Hall–Kier alpha value is -1.50. The van der Waals surface area contributed by atoms with E-state index in [4.69, 9.17) is 9.47 Å². The first kappa shape index (κ1) is 17.3. The van der Waals surface area contributed by atoms with Crippen LogP contribution >= 0.6 is 0 Å². The number of likely N-dealkylation sites (N-methyl/N-ethyl adjacent to an activating group) is 1. The molecule has 2 fully saturated rings. The SMILES string of the molecule is CN(Cc1ccccc1F)C(=O)CN1CCCCC1C1OCCO1. The molecule has 24 heavy (non-hydrogen) atoms. The van der Waals surface area contributed by atoms with Crippen molar-refractivity contribution in [1.82, 2.24) is 9.80 Å². The average Bonchev–Trinajstić information content (AvgIpc) is 3.11. The molecule has 3 rings (SSSR count). The van der Waals surface area contributed by atoms with Crippen LogP contribution in [0, 0.1) is 5.82 Å². The van der Waals surface area contributed by atoms with Gasteiger partial charge < -0.3 is 14.4 Å². The fourth-order valence-corrected chi connectivity index (χ4v) is 3.38. The van der Waals surface area contributed by atoms with Gasteiger partial charge in [-0.25, -0.2) is 4.39 Å². The average molecular weight is 336 g/mol. The van der Waals surface area contributed by atoms with Crippen LogP contribution in [-0.2, 0) is 20.8 Å². The van der Waals surface area contributed by atoms with Crippen LogP contribution in [0.3, 0.4) is 0 Å². The topological polar surface area (TPSA) is 42.0 Å². The molecule has 132 valence electrons. The largest absolute Gasteiger partial charge is 0.349 e. The Labute approximate surface area is 142 Å². The van der Waals surface area contributed by atoms with Crippen LogP contribution < -0.4 is 0 Å². The number of hydrogen-bond donors (Lipinski definition) is 0. The molecule has 0 aliphatic carbocycles. The van der Waals surface area contributed by atoms with Gasteiger partial charge in [0.05, 0.1) is 25.8 Å². The minimum Gasteiger partial charge on any atom is -0.349 e. The van der Waals surface area contributed by atoms with Crippen molar-refractivity contribution in [2.24, 2.45) is 0 Å².